The van der Waals surface area contributed by atoms with Crippen LogP contribution in [0.3, 0.4) is 0 Å². The number of carbonyl (C=O) groups is 1. The van der Waals surface area contributed by atoms with E-state index in [-0.39, 0.29) is 5.91 Å². The number of hydrogen-bond donors (Lipinski definition) is 2. The molecule has 19 heavy (non-hydrogen) atoms. The van der Waals surface area contributed by atoms with Crippen molar-refractivity contribution in [2.45, 2.75) is 32.7 Å². The molecule has 0 aliphatic rings. The van der Waals surface area contributed by atoms with Crippen molar-refractivity contribution in [3.05, 3.63) is 23.2 Å². The number of nitrogen functional groups attached to an aromatic ring is 1. The van der Waals surface area contributed by atoms with Crippen LogP contribution >= 0.6 is 11.6 Å². The monoisotopic (exact) mass is 283 g/mol. The predicted molar refractivity (Wildman–Crippen MR) is 81.5 cm³/mol. The summed E-state index contributed by atoms with van der Waals surface area (Å²) in [4.78, 5) is 14.0. The molecule has 0 bridgehead atoms. The van der Waals surface area contributed by atoms with Crippen molar-refractivity contribution < 1.29 is 4.79 Å². The molecule has 0 spiro atoms. The van der Waals surface area contributed by atoms with E-state index in [1.807, 2.05) is 11.9 Å². The highest BCUT2D eigenvalue weighted by Gasteiger charge is 2.13. The van der Waals surface area contributed by atoms with Gasteiger partial charge in [0.1, 0.15) is 0 Å². The van der Waals surface area contributed by atoms with Crippen LogP contribution in [0, 0.1) is 0 Å². The Hall–Kier alpha value is -1.26. The van der Waals surface area contributed by atoms with E-state index in [0.29, 0.717) is 29.0 Å². The highest BCUT2D eigenvalue weighted by molar-refractivity contribution is 6.33. The fourth-order valence-electron chi connectivity index (χ4n) is 1.85. The van der Waals surface area contributed by atoms with E-state index in [1.165, 1.54) is 0 Å². The number of amides is 1. The minimum Gasteiger partial charge on any atom is -0.399 e. The fourth-order valence-corrected chi connectivity index (χ4v) is 2.01. The first-order chi connectivity index (χ1) is 8.93. The Morgan fingerprint density at radius 1 is 1.53 bits per heavy atom. The van der Waals surface area contributed by atoms with Crippen LogP contribution in [-0.4, -0.2) is 30.4 Å². The average Bonchev–Trinajstić information content (AvgIpc) is 2.34. The van der Waals surface area contributed by atoms with Crippen LogP contribution in [0.2, 0.25) is 5.02 Å². The van der Waals surface area contributed by atoms with Gasteiger partial charge in [-0.3, -0.25) is 9.69 Å². The zero-order valence-electron chi connectivity index (χ0n) is 11.7. The number of nitrogens with two attached hydrogens (primary N) is 1. The molecule has 1 atom stereocenters. The van der Waals surface area contributed by atoms with Crippen LogP contribution in [0.25, 0.3) is 0 Å². The molecule has 0 radical (unpaired) electrons. The molecule has 0 saturated heterocycles. The van der Waals surface area contributed by atoms with Gasteiger partial charge in [0.2, 0.25) is 5.91 Å². The molecular formula is C14H22ClN3O. The number of likely N-dealkylation sites (N-methyl/N-ethyl adjacent to an activating group) is 1. The standard InChI is InChI=1S/C14H22ClN3O/c1-4-5-10(2)18(3)9-14(19)17-13-8-11(16)6-7-12(13)15/h6-8,10H,4-5,9,16H2,1-3H3,(H,17,19). The molecule has 1 rings (SSSR count). The van der Waals surface area contributed by atoms with E-state index >= 15 is 0 Å². The van der Waals surface area contributed by atoms with Crippen LogP contribution in [-0.2, 0) is 4.79 Å². The van der Waals surface area contributed by atoms with Crippen LogP contribution in [0.1, 0.15) is 26.7 Å². The van der Waals surface area contributed by atoms with Crippen molar-refractivity contribution >= 4 is 28.9 Å². The van der Waals surface area contributed by atoms with E-state index in [1.54, 1.807) is 18.2 Å². The topological polar surface area (TPSA) is 58.4 Å². The normalized spacial score (nSPS) is 12.5. The molecule has 1 aromatic carbocycles. The Morgan fingerprint density at radius 3 is 2.84 bits per heavy atom. The maximum atomic E-state index is 11.9. The first-order valence-corrected chi connectivity index (χ1v) is 6.87. The van der Waals surface area contributed by atoms with E-state index < -0.39 is 0 Å². The lowest BCUT2D eigenvalue weighted by Gasteiger charge is -2.23. The summed E-state index contributed by atoms with van der Waals surface area (Å²) < 4.78 is 0. The van der Waals surface area contributed by atoms with Gasteiger partial charge in [-0.25, -0.2) is 0 Å². The second kappa shape index (κ2) is 7.36. The second-order valence-corrected chi connectivity index (χ2v) is 5.25. The Morgan fingerprint density at radius 2 is 2.21 bits per heavy atom. The third-order valence-electron chi connectivity index (χ3n) is 3.12. The Kier molecular flexibility index (Phi) is 6.12. The molecule has 3 N–H and O–H groups in total. The number of nitrogens with zero attached hydrogens (tertiary/aromatic N) is 1. The number of anilines is 2. The first kappa shape index (κ1) is 15.8. The van der Waals surface area contributed by atoms with Gasteiger partial charge >= 0.3 is 0 Å². The molecule has 1 aromatic rings. The lowest BCUT2D eigenvalue weighted by Crippen LogP contribution is -2.36. The lowest BCUT2D eigenvalue weighted by atomic mass is 10.2. The summed E-state index contributed by atoms with van der Waals surface area (Å²) in [6, 6.07) is 5.42. The summed E-state index contributed by atoms with van der Waals surface area (Å²) >= 11 is 6.01. The minimum atomic E-state index is -0.0852. The minimum absolute atomic E-state index is 0.0852. The van der Waals surface area contributed by atoms with Crippen LogP contribution in [0.5, 0.6) is 0 Å². The summed E-state index contributed by atoms with van der Waals surface area (Å²) in [5, 5.41) is 3.28. The number of carbonyl (C=O) groups excluding carboxylic acids is 1. The highest BCUT2D eigenvalue weighted by atomic mass is 35.5. The van der Waals surface area contributed by atoms with Crippen molar-refractivity contribution in [3.63, 3.8) is 0 Å². The third-order valence-corrected chi connectivity index (χ3v) is 3.45. The first-order valence-electron chi connectivity index (χ1n) is 6.49. The van der Waals surface area contributed by atoms with Gasteiger partial charge in [-0.2, -0.15) is 0 Å². The summed E-state index contributed by atoms with van der Waals surface area (Å²) in [5.74, 6) is -0.0852. The van der Waals surface area contributed by atoms with E-state index in [0.717, 1.165) is 12.8 Å². The fraction of sp³-hybridized carbons (Fsp3) is 0.500. The quantitative estimate of drug-likeness (QED) is 0.789. The summed E-state index contributed by atoms with van der Waals surface area (Å²) in [6.07, 6.45) is 2.18. The van der Waals surface area contributed by atoms with Gasteiger partial charge in [-0.05, 0) is 38.6 Å². The molecular weight excluding hydrogens is 262 g/mol. The molecule has 1 unspecified atom stereocenters. The average molecular weight is 284 g/mol. The summed E-state index contributed by atoms with van der Waals surface area (Å²) in [5.41, 5.74) is 6.81. The molecule has 5 heteroatoms. The van der Waals surface area contributed by atoms with Gasteiger partial charge in [0.25, 0.3) is 0 Å². The van der Waals surface area contributed by atoms with Crippen molar-refractivity contribution in [2.24, 2.45) is 0 Å². The molecule has 106 valence electrons. The Balaban J connectivity index is 2.57. The number of benzene rings is 1. The molecule has 0 aliphatic carbocycles. The predicted octanol–water partition coefficient (Wildman–Crippen LogP) is 2.98. The maximum absolute atomic E-state index is 11.9. The second-order valence-electron chi connectivity index (χ2n) is 4.84. The van der Waals surface area contributed by atoms with Crippen molar-refractivity contribution in [1.82, 2.24) is 4.90 Å². The SMILES string of the molecule is CCCC(C)N(C)CC(=O)Nc1cc(N)ccc1Cl. The molecule has 0 saturated carbocycles. The van der Waals surface area contributed by atoms with Gasteiger partial charge in [0, 0.05) is 11.7 Å². The number of hydrogen-bond acceptors (Lipinski definition) is 3. The smallest absolute Gasteiger partial charge is 0.238 e. The molecule has 0 heterocycles. The van der Waals surface area contributed by atoms with Gasteiger partial charge in [0.15, 0.2) is 0 Å². The molecule has 0 fully saturated rings. The summed E-state index contributed by atoms with van der Waals surface area (Å²) in [7, 11) is 1.95. The molecule has 0 aliphatic heterocycles. The number of nitrogens with one attached hydrogen (secondary N) is 1. The highest BCUT2D eigenvalue weighted by Crippen LogP contribution is 2.23. The van der Waals surface area contributed by atoms with Crippen molar-refractivity contribution in [2.75, 3.05) is 24.6 Å². The Labute approximate surface area is 119 Å². The van der Waals surface area contributed by atoms with Gasteiger partial charge in [-0.15, -0.1) is 0 Å². The van der Waals surface area contributed by atoms with E-state index in [4.69, 9.17) is 17.3 Å². The van der Waals surface area contributed by atoms with Crippen LogP contribution in [0.15, 0.2) is 18.2 Å². The van der Waals surface area contributed by atoms with E-state index in [2.05, 4.69) is 19.2 Å². The van der Waals surface area contributed by atoms with E-state index in [9.17, 15) is 4.79 Å². The maximum Gasteiger partial charge on any atom is 0.238 e. The van der Waals surface area contributed by atoms with Crippen molar-refractivity contribution in [1.29, 1.82) is 0 Å². The lowest BCUT2D eigenvalue weighted by molar-refractivity contribution is -0.117. The van der Waals surface area contributed by atoms with Crippen molar-refractivity contribution in [3.8, 4) is 0 Å². The zero-order valence-corrected chi connectivity index (χ0v) is 12.5. The molecule has 4 nitrogen and oxygen atoms in total. The van der Waals surface area contributed by atoms with Crippen LogP contribution < -0.4 is 11.1 Å². The molecule has 1 amide bonds. The van der Waals surface area contributed by atoms with Gasteiger partial charge in [0.05, 0.1) is 17.3 Å². The number of halogens is 1. The number of rotatable bonds is 6. The zero-order chi connectivity index (χ0) is 14.4. The third kappa shape index (κ3) is 5.09. The van der Waals surface area contributed by atoms with Crippen LogP contribution in [0.4, 0.5) is 11.4 Å². The molecule has 0 aromatic heterocycles. The van der Waals surface area contributed by atoms with Gasteiger partial charge < -0.3 is 11.1 Å². The largest absolute Gasteiger partial charge is 0.399 e. The summed E-state index contributed by atoms with van der Waals surface area (Å²) in [6.45, 7) is 4.59. The van der Waals surface area contributed by atoms with Gasteiger partial charge in [-0.1, -0.05) is 24.9 Å². The Bertz CT molecular complexity index is 437.